The average Bonchev–Trinajstić information content (AvgIpc) is 3.08. The zero-order chi connectivity index (χ0) is 18.5. The van der Waals surface area contributed by atoms with Gasteiger partial charge in [-0.05, 0) is 36.6 Å². The fourth-order valence-corrected chi connectivity index (χ4v) is 3.75. The monoisotopic (exact) mass is 367 g/mol. The summed E-state index contributed by atoms with van der Waals surface area (Å²) in [7, 11) is 0. The molecule has 3 rings (SSSR count). The van der Waals surface area contributed by atoms with Gasteiger partial charge in [-0.1, -0.05) is 50.6 Å². The summed E-state index contributed by atoms with van der Waals surface area (Å²) in [5.74, 6) is 1.56. The Hall–Kier alpha value is -2.27. The molecular weight excluding hydrogens is 342 g/mol. The van der Waals surface area contributed by atoms with Gasteiger partial charge in [0.2, 0.25) is 5.91 Å². The molecule has 1 amide bonds. The number of benzene rings is 2. The van der Waals surface area contributed by atoms with Crippen molar-refractivity contribution in [1.82, 2.24) is 15.3 Å². The summed E-state index contributed by atoms with van der Waals surface area (Å²) in [4.78, 5) is 21.8. The van der Waals surface area contributed by atoms with E-state index in [0.29, 0.717) is 11.7 Å². The highest BCUT2D eigenvalue weighted by atomic mass is 32.2. The van der Waals surface area contributed by atoms with Gasteiger partial charge in [-0.3, -0.25) is 4.79 Å². The van der Waals surface area contributed by atoms with Gasteiger partial charge >= 0.3 is 0 Å². The highest BCUT2D eigenvalue weighted by Gasteiger charge is 2.23. The van der Waals surface area contributed by atoms with Gasteiger partial charge in [0, 0.05) is 4.90 Å². The molecule has 136 valence electrons. The van der Waals surface area contributed by atoms with Crippen LogP contribution in [-0.4, -0.2) is 21.6 Å². The number of fused-ring (bicyclic) bond motifs is 1. The molecule has 0 spiro atoms. The van der Waals surface area contributed by atoms with Crippen LogP contribution in [0.15, 0.2) is 53.4 Å². The molecule has 26 heavy (non-hydrogen) atoms. The molecule has 4 nitrogen and oxygen atoms in total. The lowest BCUT2D eigenvalue weighted by Crippen LogP contribution is -2.34. The number of para-hydroxylation sites is 2. The number of rotatable bonds is 7. The molecule has 2 N–H and O–H groups in total. The zero-order valence-electron chi connectivity index (χ0n) is 15.5. The van der Waals surface area contributed by atoms with Crippen molar-refractivity contribution in [1.29, 1.82) is 0 Å². The van der Waals surface area contributed by atoms with Crippen molar-refractivity contribution in [3.8, 4) is 0 Å². The van der Waals surface area contributed by atoms with E-state index in [1.807, 2.05) is 36.4 Å². The first-order valence-electron chi connectivity index (χ1n) is 9.01. The topological polar surface area (TPSA) is 57.8 Å². The number of nitrogens with one attached hydrogen (secondary N) is 2. The molecule has 0 aliphatic carbocycles. The molecule has 2 atom stereocenters. The number of imidazole rings is 1. The third kappa shape index (κ3) is 4.28. The van der Waals surface area contributed by atoms with Crippen LogP contribution < -0.4 is 5.32 Å². The molecule has 0 bridgehead atoms. The minimum absolute atomic E-state index is 0.0315. The van der Waals surface area contributed by atoms with Gasteiger partial charge in [-0.25, -0.2) is 4.98 Å². The summed E-state index contributed by atoms with van der Waals surface area (Å²) in [6, 6.07) is 16.0. The molecule has 2 aromatic carbocycles. The maximum absolute atomic E-state index is 12.6. The van der Waals surface area contributed by atoms with Crippen LogP contribution >= 0.6 is 11.8 Å². The van der Waals surface area contributed by atoms with E-state index in [-0.39, 0.29) is 11.9 Å². The quantitative estimate of drug-likeness (QED) is 0.586. The summed E-state index contributed by atoms with van der Waals surface area (Å²) < 4.78 is 0. The number of H-pyrrole nitrogens is 1. The van der Waals surface area contributed by atoms with Crippen LogP contribution in [0.1, 0.15) is 37.7 Å². The molecule has 1 aromatic heterocycles. The van der Waals surface area contributed by atoms with Crippen LogP contribution in [0.4, 0.5) is 0 Å². The van der Waals surface area contributed by atoms with E-state index in [2.05, 4.69) is 43.2 Å². The highest BCUT2D eigenvalue weighted by Crippen LogP contribution is 2.26. The van der Waals surface area contributed by atoms with Crippen LogP contribution in [0.2, 0.25) is 0 Å². The van der Waals surface area contributed by atoms with Crippen molar-refractivity contribution in [3.05, 3.63) is 59.9 Å². The van der Waals surface area contributed by atoms with Crippen molar-refractivity contribution < 1.29 is 4.79 Å². The van der Waals surface area contributed by atoms with E-state index in [9.17, 15) is 4.79 Å². The number of aryl methyl sites for hydroxylation is 1. The number of hydrogen-bond donors (Lipinski definition) is 2. The summed E-state index contributed by atoms with van der Waals surface area (Å²) in [6.45, 7) is 6.35. The molecule has 0 aliphatic heterocycles. The second kappa shape index (κ2) is 8.41. The summed E-state index contributed by atoms with van der Waals surface area (Å²) in [6.07, 6.45) is 0.965. The van der Waals surface area contributed by atoms with Gasteiger partial charge < -0.3 is 10.3 Å². The Labute approximate surface area is 158 Å². The standard InChI is InChI=1S/C21H25N3OS/c1-4-14(2)20(21-22-16-10-6-7-11-17(16)23-21)24-19(25)13-26-18-12-8-5-9-15(18)3/h5-12,14,20H,4,13H2,1-3H3,(H,22,23)(H,24,25). The van der Waals surface area contributed by atoms with Crippen LogP contribution in [-0.2, 0) is 4.79 Å². The van der Waals surface area contributed by atoms with Crippen LogP contribution in [0, 0.1) is 12.8 Å². The molecule has 0 radical (unpaired) electrons. The van der Waals surface area contributed by atoms with E-state index < -0.39 is 0 Å². The van der Waals surface area contributed by atoms with Gasteiger partial charge in [0.15, 0.2) is 0 Å². The number of hydrogen-bond acceptors (Lipinski definition) is 3. The second-order valence-corrected chi connectivity index (χ2v) is 7.64. The first kappa shape index (κ1) is 18.5. The predicted molar refractivity (Wildman–Crippen MR) is 108 cm³/mol. The lowest BCUT2D eigenvalue weighted by molar-refractivity contribution is -0.119. The lowest BCUT2D eigenvalue weighted by Gasteiger charge is -2.22. The number of aromatic nitrogens is 2. The molecule has 0 saturated carbocycles. The highest BCUT2D eigenvalue weighted by molar-refractivity contribution is 8.00. The first-order valence-corrected chi connectivity index (χ1v) is 9.99. The van der Waals surface area contributed by atoms with Gasteiger partial charge in [-0.15, -0.1) is 11.8 Å². The summed E-state index contributed by atoms with van der Waals surface area (Å²) >= 11 is 1.57. The number of nitrogens with zero attached hydrogens (tertiary/aromatic N) is 1. The average molecular weight is 368 g/mol. The Morgan fingerprint density at radius 1 is 1.19 bits per heavy atom. The van der Waals surface area contributed by atoms with E-state index in [1.165, 1.54) is 5.56 Å². The molecule has 3 aromatic rings. The number of aromatic amines is 1. The Morgan fingerprint density at radius 3 is 2.65 bits per heavy atom. The van der Waals surface area contributed by atoms with E-state index in [1.54, 1.807) is 11.8 Å². The van der Waals surface area contributed by atoms with Crippen LogP contribution in [0.25, 0.3) is 11.0 Å². The normalized spacial score (nSPS) is 13.5. The largest absolute Gasteiger partial charge is 0.345 e. The predicted octanol–water partition coefficient (Wildman–Crippen LogP) is 4.87. The number of amides is 1. The number of thioether (sulfide) groups is 1. The van der Waals surface area contributed by atoms with Crippen molar-refractivity contribution >= 4 is 28.7 Å². The minimum atomic E-state index is -0.114. The van der Waals surface area contributed by atoms with Crippen molar-refractivity contribution in [2.24, 2.45) is 5.92 Å². The number of carbonyl (C=O) groups excluding carboxylic acids is 1. The second-order valence-electron chi connectivity index (χ2n) is 6.62. The van der Waals surface area contributed by atoms with E-state index in [4.69, 9.17) is 4.98 Å². The van der Waals surface area contributed by atoms with Crippen molar-refractivity contribution in [2.75, 3.05) is 5.75 Å². The smallest absolute Gasteiger partial charge is 0.230 e. The fraction of sp³-hybridized carbons (Fsp3) is 0.333. The summed E-state index contributed by atoms with van der Waals surface area (Å²) in [5, 5.41) is 3.18. The maximum Gasteiger partial charge on any atom is 0.230 e. The Bertz CT molecular complexity index is 857. The minimum Gasteiger partial charge on any atom is -0.345 e. The van der Waals surface area contributed by atoms with E-state index in [0.717, 1.165) is 28.2 Å². The number of carbonyl (C=O) groups is 1. The van der Waals surface area contributed by atoms with Gasteiger partial charge in [0.1, 0.15) is 5.82 Å². The Morgan fingerprint density at radius 2 is 1.92 bits per heavy atom. The molecule has 2 unspecified atom stereocenters. The SMILES string of the molecule is CCC(C)C(NC(=O)CSc1ccccc1C)c1nc2ccccc2[nH]1. The maximum atomic E-state index is 12.6. The zero-order valence-corrected chi connectivity index (χ0v) is 16.3. The third-order valence-corrected chi connectivity index (χ3v) is 5.86. The van der Waals surface area contributed by atoms with E-state index >= 15 is 0 Å². The lowest BCUT2D eigenvalue weighted by atomic mass is 9.98. The molecule has 0 saturated heterocycles. The first-order chi connectivity index (χ1) is 12.6. The molecular formula is C21H25N3OS. The van der Waals surface area contributed by atoms with Crippen molar-refractivity contribution in [2.45, 2.75) is 38.1 Å². The Kier molecular flexibility index (Phi) is 5.99. The van der Waals surface area contributed by atoms with Gasteiger partial charge in [0.05, 0.1) is 22.8 Å². The molecule has 5 heteroatoms. The van der Waals surface area contributed by atoms with Crippen LogP contribution in [0.3, 0.4) is 0 Å². The molecule has 0 fully saturated rings. The fourth-order valence-electron chi connectivity index (χ4n) is 2.91. The van der Waals surface area contributed by atoms with Crippen molar-refractivity contribution in [3.63, 3.8) is 0 Å². The molecule has 1 heterocycles. The Balaban J connectivity index is 1.72. The third-order valence-electron chi connectivity index (χ3n) is 4.68. The van der Waals surface area contributed by atoms with Gasteiger partial charge in [0.25, 0.3) is 0 Å². The van der Waals surface area contributed by atoms with Gasteiger partial charge in [-0.2, -0.15) is 0 Å². The van der Waals surface area contributed by atoms with Crippen LogP contribution in [0.5, 0.6) is 0 Å². The molecule has 0 aliphatic rings. The summed E-state index contributed by atoms with van der Waals surface area (Å²) in [5.41, 5.74) is 3.12.